The topological polar surface area (TPSA) is 49.4 Å². The molecular weight excluding hydrogens is 396 g/mol. The molecule has 1 aliphatic rings. The Morgan fingerprint density at radius 1 is 0.767 bits per heavy atom. The lowest BCUT2D eigenvalue weighted by Gasteiger charge is -2.18. The largest absolute Gasteiger partial charge is 0.350 e. The van der Waals surface area contributed by atoms with Crippen LogP contribution in [0, 0.1) is 20.8 Å². The average Bonchev–Trinajstić information content (AvgIpc) is 2.95. The lowest BCUT2D eigenvalue weighted by atomic mass is 10.0. The first-order chi connectivity index (χ1) is 14.4. The molecule has 1 N–H and O–H groups in total. The van der Waals surface area contributed by atoms with Crippen LogP contribution in [-0.4, -0.2) is 11.8 Å². The lowest BCUT2D eigenvalue weighted by molar-refractivity contribution is -0.120. The second-order valence-electron chi connectivity index (χ2n) is 7.42. The molecule has 0 aliphatic carbocycles. The molecule has 3 aromatic rings. The van der Waals surface area contributed by atoms with Gasteiger partial charge in [-0.3, -0.25) is 9.59 Å². The van der Waals surface area contributed by atoms with Gasteiger partial charge in [-0.2, -0.15) is 0 Å². The first-order valence-corrected chi connectivity index (χ1v) is 10.0. The number of carbonyl (C=O) groups excluding carboxylic acids is 2. The van der Waals surface area contributed by atoms with Gasteiger partial charge in [-0.1, -0.05) is 48.0 Å². The van der Waals surface area contributed by atoms with Gasteiger partial charge in [0.15, 0.2) is 0 Å². The van der Waals surface area contributed by atoms with Crippen molar-refractivity contribution in [1.29, 1.82) is 0 Å². The van der Waals surface area contributed by atoms with E-state index in [1.165, 1.54) is 4.90 Å². The quantitative estimate of drug-likeness (QED) is 0.558. The van der Waals surface area contributed by atoms with Gasteiger partial charge in [0.1, 0.15) is 5.70 Å². The molecule has 2 amide bonds. The molecule has 0 atom stereocenters. The van der Waals surface area contributed by atoms with E-state index in [1.807, 2.05) is 69.3 Å². The standard InChI is InChI=1S/C25H21ClN2O2/c1-15-9-11-20(14-16(15)2)27-23-22(18-7-5-4-6-8-18)24(29)28(25(23)30)21-12-10-19(26)13-17(21)3/h4-14,27H,1-3H3. The fourth-order valence-corrected chi connectivity index (χ4v) is 3.80. The third kappa shape index (κ3) is 3.51. The maximum absolute atomic E-state index is 13.4. The van der Waals surface area contributed by atoms with Gasteiger partial charge in [0.25, 0.3) is 11.8 Å². The summed E-state index contributed by atoms with van der Waals surface area (Å²) in [6.45, 7) is 5.87. The molecule has 0 bridgehead atoms. The number of halogens is 1. The molecule has 0 radical (unpaired) electrons. The summed E-state index contributed by atoms with van der Waals surface area (Å²) in [5, 5.41) is 3.77. The highest BCUT2D eigenvalue weighted by molar-refractivity contribution is 6.46. The van der Waals surface area contributed by atoms with E-state index in [2.05, 4.69) is 5.32 Å². The monoisotopic (exact) mass is 416 g/mol. The second kappa shape index (κ2) is 7.81. The maximum Gasteiger partial charge on any atom is 0.282 e. The second-order valence-corrected chi connectivity index (χ2v) is 7.85. The molecule has 0 saturated carbocycles. The summed E-state index contributed by atoms with van der Waals surface area (Å²) in [6, 6.07) is 20.2. The van der Waals surface area contributed by atoms with Crippen molar-refractivity contribution in [3.63, 3.8) is 0 Å². The van der Waals surface area contributed by atoms with E-state index in [-0.39, 0.29) is 17.5 Å². The Hall–Kier alpha value is -3.37. The van der Waals surface area contributed by atoms with E-state index >= 15 is 0 Å². The predicted octanol–water partition coefficient (Wildman–Crippen LogP) is 5.66. The summed E-state index contributed by atoms with van der Waals surface area (Å²) in [4.78, 5) is 28.1. The van der Waals surface area contributed by atoms with E-state index in [4.69, 9.17) is 11.6 Å². The van der Waals surface area contributed by atoms with Crippen molar-refractivity contribution in [2.75, 3.05) is 10.2 Å². The van der Waals surface area contributed by atoms with Crippen molar-refractivity contribution in [3.05, 3.63) is 99.7 Å². The fraction of sp³-hybridized carbons (Fsp3) is 0.120. The summed E-state index contributed by atoms with van der Waals surface area (Å²) in [6.07, 6.45) is 0. The van der Waals surface area contributed by atoms with Gasteiger partial charge in [0.2, 0.25) is 0 Å². The molecule has 0 unspecified atom stereocenters. The van der Waals surface area contributed by atoms with Crippen LogP contribution >= 0.6 is 11.6 Å². The van der Waals surface area contributed by atoms with Gasteiger partial charge in [0.05, 0.1) is 11.3 Å². The number of nitrogens with zero attached hydrogens (tertiary/aromatic N) is 1. The van der Waals surface area contributed by atoms with Crippen LogP contribution in [0.25, 0.3) is 5.57 Å². The Labute approximate surface area is 180 Å². The van der Waals surface area contributed by atoms with Crippen LogP contribution in [0.5, 0.6) is 0 Å². The Kier molecular flexibility index (Phi) is 5.18. The first kappa shape index (κ1) is 19.9. The van der Waals surface area contributed by atoms with Crippen LogP contribution in [0.3, 0.4) is 0 Å². The first-order valence-electron chi connectivity index (χ1n) is 9.65. The number of hydrogen-bond donors (Lipinski definition) is 1. The van der Waals surface area contributed by atoms with Crippen molar-refractivity contribution in [3.8, 4) is 0 Å². The maximum atomic E-state index is 13.4. The smallest absolute Gasteiger partial charge is 0.282 e. The van der Waals surface area contributed by atoms with Crippen molar-refractivity contribution >= 4 is 40.4 Å². The number of carbonyl (C=O) groups is 2. The summed E-state index contributed by atoms with van der Waals surface area (Å²) in [5.74, 6) is -0.745. The Bertz CT molecular complexity index is 1200. The zero-order chi connectivity index (χ0) is 21.4. The zero-order valence-corrected chi connectivity index (χ0v) is 17.7. The van der Waals surface area contributed by atoms with Crippen LogP contribution < -0.4 is 10.2 Å². The average molecular weight is 417 g/mol. The minimum absolute atomic E-state index is 0.267. The molecular formula is C25H21ClN2O2. The highest BCUT2D eigenvalue weighted by Crippen LogP contribution is 2.35. The van der Waals surface area contributed by atoms with Crippen LogP contribution in [0.2, 0.25) is 5.02 Å². The number of rotatable bonds is 4. The van der Waals surface area contributed by atoms with Gasteiger partial charge in [0, 0.05) is 10.7 Å². The van der Waals surface area contributed by atoms with E-state index in [0.29, 0.717) is 21.8 Å². The molecule has 0 spiro atoms. The number of nitrogens with one attached hydrogen (secondary N) is 1. The van der Waals surface area contributed by atoms with Crippen LogP contribution in [0.4, 0.5) is 11.4 Å². The molecule has 150 valence electrons. The van der Waals surface area contributed by atoms with Crippen LogP contribution in [0.15, 0.2) is 72.4 Å². The lowest BCUT2D eigenvalue weighted by Crippen LogP contribution is -2.33. The minimum Gasteiger partial charge on any atom is -0.350 e. The summed E-state index contributed by atoms with van der Waals surface area (Å²) in [5.41, 5.74) is 5.61. The highest BCUT2D eigenvalue weighted by atomic mass is 35.5. The molecule has 0 saturated heterocycles. The fourth-order valence-electron chi connectivity index (χ4n) is 3.57. The Balaban J connectivity index is 1.83. The Morgan fingerprint density at radius 3 is 2.17 bits per heavy atom. The van der Waals surface area contributed by atoms with Gasteiger partial charge >= 0.3 is 0 Å². The number of hydrogen-bond acceptors (Lipinski definition) is 3. The van der Waals surface area contributed by atoms with Gasteiger partial charge in [-0.25, -0.2) is 4.90 Å². The van der Waals surface area contributed by atoms with E-state index in [1.54, 1.807) is 18.2 Å². The number of amides is 2. The molecule has 1 aliphatic heterocycles. The molecule has 4 nitrogen and oxygen atoms in total. The van der Waals surface area contributed by atoms with Crippen molar-refractivity contribution in [2.24, 2.45) is 0 Å². The summed E-state index contributed by atoms with van der Waals surface area (Å²) < 4.78 is 0. The number of aryl methyl sites for hydroxylation is 3. The predicted molar refractivity (Wildman–Crippen MR) is 122 cm³/mol. The third-order valence-electron chi connectivity index (χ3n) is 5.32. The van der Waals surface area contributed by atoms with Gasteiger partial charge in [-0.15, -0.1) is 0 Å². The minimum atomic E-state index is -0.387. The van der Waals surface area contributed by atoms with Crippen molar-refractivity contribution < 1.29 is 9.59 Å². The molecule has 4 rings (SSSR count). The SMILES string of the molecule is Cc1ccc(NC2=C(c3ccccc3)C(=O)N(c3ccc(Cl)cc3C)C2=O)cc1C. The number of imide groups is 1. The van der Waals surface area contributed by atoms with Crippen LogP contribution in [-0.2, 0) is 9.59 Å². The van der Waals surface area contributed by atoms with Crippen molar-refractivity contribution in [1.82, 2.24) is 0 Å². The summed E-state index contributed by atoms with van der Waals surface area (Å²) >= 11 is 6.07. The van der Waals surface area contributed by atoms with E-state index < -0.39 is 0 Å². The zero-order valence-electron chi connectivity index (χ0n) is 17.0. The third-order valence-corrected chi connectivity index (χ3v) is 5.56. The van der Waals surface area contributed by atoms with Crippen LogP contribution in [0.1, 0.15) is 22.3 Å². The van der Waals surface area contributed by atoms with Gasteiger partial charge in [-0.05, 0) is 73.4 Å². The molecule has 1 heterocycles. The number of anilines is 2. The molecule has 30 heavy (non-hydrogen) atoms. The molecule has 0 fully saturated rings. The van der Waals surface area contributed by atoms with E-state index in [0.717, 1.165) is 22.4 Å². The highest BCUT2D eigenvalue weighted by Gasteiger charge is 2.40. The van der Waals surface area contributed by atoms with Gasteiger partial charge < -0.3 is 5.32 Å². The Morgan fingerprint density at radius 2 is 1.50 bits per heavy atom. The summed E-state index contributed by atoms with van der Waals surface area (Å²) in [7, 11) is 0. The molecule has 5 heteroatoms. The molecule has 0 aromatic heterocycles. The molecule has 3 aromatic carbocycles. The van der Waals surface area contributed by atoms with E-state index in [9.17, 15) is 9.59 Å². The normalized spacial score (nSPS) is 13.9. The number of benzene rings is 3. The van der Waals surface area contributed by atoms with Crippen molar-refractivity contribution in [2.45, 2.75) is 20.8 Å².